The zero-order chi connectivity index (χ0) is 19.2. The molecule has 0 saturated carbocycles. The topological polar surface area (TPSA) is 57.5 Å². The number of ether oxygens (including phenoxy) is 2. The van der Waals surface area contributed by atoms with Crippen LogP contribution in [-0.4, -0.2) is 30.7 Å². The maximum Gasteiger partial charge on any atom is 0.328 e. The van der Waals surface area contributed by atoms with E-state index in [4.69, 9.17) is 9.47 Å². The number of esters is 2. The Labute approximate surface area is 153 Å². The van der Waals surface area contributed by atoms with Crippen LogP contribution in [0.2, 0.25) is 0 Å². The Hall–Kier alpha value is -3.00. The third-order valence-electron chi connectivity index (χ3n) is 4.40. The molecular formula is C21H23NO4. The SMILES string of the molecule is CC#CCC(C(=O)OC)(C(=O)OC)c1cc(C)n(Cc2ccccc2)c1. The van der Waals surface area contributed by atoms with Crippen molar-refractivity contribution >= 4 is 11.9 Å². The minimum atomic E-state index is -1.60. The summed E-state index contributed by atoms with van der Waals surface area (Å²) in [6.07, 6.45) is 1.80. The second-order valence-electron chi connectivity index (χ2n) is 5.98. The number of benzene rings is 1. The van der Waals surface area contributed by atoms with Crippen LogP contribution >= 0.6 is 0 Å². The maximum atomic E-state index is 12.6. The van der Waals surface area contributed by atoms with Crippen molar-refractivity contribution < 1.29 is 19.1 Å². The van der Waals surface area contributed by atoms with E-state index in [2.05, 4.69) is 11.8 Å². The van der Waals surface area contributed by atoms with Crippen LogP contribution in [0.25, 0.3) is 0 Å². The largest absolute Gasteiger partial charge is 0.468 e. The summed E-state index contributed by atoms with van der Waals surface area (Å²) in [5.41, 5.74) is 0.963. The van der Waals surface area contributed by atoms with Crippen molar-refractivity contribution in [2.24, 2.45) is 0 Å². The minimum Gasteiger partial charge on any atom is -0.468 e. The number of aryl methyl sites for hydroxylation is 1. The molecule has 0 amide bonds. The molecular weight excluding hydrogens is 330 g/mol. The Morgan fingerprint density at radius 2 is 1.73 bits per heavy atom. The minimum absolute atomic E-state index is 0.00234. The van der Waals surface area contributed by atoms with Crippen molar-refractivity contribution in [3.63, 3.8) is 0 Å². The molecule has 1 aromatic heterocycles. The first-order valence-corrected chi connectivity index (χ1v) is 8.27. The van der Waals surface area contributed by atoms with Gasteiger partial charge < -0.3 is 14.0 Å². The lowest BCUT2D eigenvalue weighted by atomic mass is 9.78. The lowest BCUT2D eigenvalue weighted by molar-refractivity contribution is -0.161. The summed E-state index contributed by atoms with van der Waals surface area (Å²) in [4.78, 5) is 25.2. The standard InChI is InChI=1S/C21H23NO4/c1-5-6-12-21(19(23)25-3,20(24)26-4)18-13-16(2)22(15-18)14-17-10-8-7-9-11-17/h7-11,13,15H,12,14H2,1-4H3. The van der Waals surface area contributed by atoms with Crippen LogP contribution in [0.5, 0.6) is 0 Å². The van der Waals surface area contributed by atoms with E-state index in [0.29, 0.717) is 12.1 Å². The van der Waals surface area contributed by atoms with Crippen molar-refractivity contribution in [2.45, 2.75) is 32.2 Å². The van der Waals surface area contributed by atoms with E-state index in [9.17, 15) is 9.59 Å². The normalized spacial score (nSPS) is 10.6. The third kappa shape index (κ3) is 3.65. The Kier molecular flexibility index (Phi) is 6.24. The predicted molar refractivity (Wildman–Crippen MR) is 98.5 cm³/mol. The molecule has 0 radical (unpaired) electrons. The van der Waals surface area contributed by atoms with Gasteiger partial charge in [-0.3, -0.25) is 9.59 Å². The second kappa shape index (κ2) is 8.39. The van der Waals surface area contributed by atoms with E-state index < -0.39 is 17.4 Å². The number of carbonyl (C=O) groups excluding carboxylic acids is 2. The molecule has 0 bridgehead atoms. The first-order chi connectivity index (χ1) is 12.5. The molecule has 26 heavy (non-hydrogen) atoms. The molecule has 2 aromatic rings. The lowest BCUT2D eigenvalue weighted by Gasteiger charge is -2.25. The van der Waals surface area contributed by atoms with Gasteiger partial charge in [0.2, 0.25) is 5.41 Å². The third-order valence-corrected chi connectivity index (χ3v) is 4.40. The van der Waals surface area contributed by atoms with Gasteiger partial charge in [-0.1, -0.05) is 30.3 Å². The Balaban J connectivity index is 2.54. The molecule has 0 aliphatic rings. The van der Waals surface area contributed by atoms with E-state index in [-0.39, 0.29) is 6.42 Å². The molecule has 0 unspecified atom stereocenters. The highest BCUT2D eigenvalue weighted by molar-refractivity contribution is 6.06. The molecule has 1 heterocycles. The van der Waals surface area contributed by atoms with Gasteiger partial charge in [-0.15, -0.1) is 11.8 Å². The van der Waals surface area contributed by atoms with Crippen LogP contribution in [0.3, 0.4) is 0 Å². The predicted octanol–water partition coefficient (Wildman–Crippen LogP) is 2.84. The van der Waals surface area contributed by atoms with Crippen molar-refractivity contribution in [3.05, 3.63) is 59.4 Å². The van der Waals surface area contributed by atoms with Crippen LogP contribution in [0, 0.1) is 18.8 Å². The number of hydrogen-bond acceptors (Lipinski definition) is 4. The highest BCUT2D eigenvalue weighted by Crippen LogP contribution is 2.33. The quantitative estimate of drug-likeness (QED) is 0.455. The summed E-state index contributed by atoms with van der Waals surface area (Å²) in [6.45, 7) is 4.22. The Bertz CT molecular complexity index is 824. The van der Waals surface area contributed by atoms with Gasteiger partial charge in [0.05, 0.1) is 14.2 Å². The number of rotatable bonds is 6. The fraction of sp³-hybridized carbons (Fsp3) is 0.333. The first kappa shape index (κ1) is 19.3. The average molecular weight is 353 g/mol. The smallest absolute Gasteiger partial charge is 0.328 e. The first-order valence-electron chi connectivity index (χ1n) is 8.27. The van der Waals surface area contributed by atoms with Crippen LogP contribution in [0.15, 0.2) is 42.6 Å². The van der Waals surface area contributed by atoms with E-state index in [1.54, 1.807) is 13.1 Å². The fourth-order valence-corrected chi connectivity index (χ4v) is 2.93. The summed E-state index contributed by atoms with van der Waals surface area (Å²) in [5.74, 6) is 4.22. The van der Waals surface area contributed by atoms with Crippen LogP contribution < -0.4 is 0 Å². The highest BCUT2D eigenvalue weighted by atomic mass is 16.5. The molecule has 0 saturated heterocycles. The summed E-state index contributed by atoms with van der Waals surface area (Å²) in [6, 6.07) is 11.8. The van der Waals surface area contributed by atoms with Crippen molar-refractivity contribution in [3.8, 4) is 11.8 Å². The number of hydrogen-bond donors (Lipinski definition) is 0. The number of carbonyl (C=O) groups is 2. The monoisotopic (exact) mass is 353 g/mol. The zero-order valence-corrected chi connectivity index (χ0v) is 15.5. The Morgan fingerprint density at radius 1 is 1.12 bits per heavy atom. The summed E-state index contributed by atoms with van der Waals surface area (Å²) in [5, 5.41) is 0. The zero-order valence-electron chi connectivity index (χ0n) is 15.5. The maximum absolute atomic E-state index is 12.6. The van der Waals surface area contributed by atoms with Gasteiger partial charge in [-0.25, -0.2) is 0 Å². The number of methoxy groups -OCH3 is 2. The van der Waals surface area contributed by atoms with Crippen molar-refractivity contribution in [1.82, 2.24) is 4.57 Å². The summed E-state index contributed by atoms with van der Waals surface area (Å²) in [7, 11) is 2.51. The molecule has 5 heteroatoms. The number of nitrogens with zero attached hydrogens (tertiary/aromatic N) is 1. The van der Waals surface area contributed by atoms with E-state index in [1.807, 2.05) is 47.9 Å². The number of aromatic nitrogens is 1. The van der Waals surface area contributed by atoms with E-state index >= 15 is 0 Å². The van der Waals surface area contributed by atoms with Crippen LogP contribution in [-0.2, 0) is 31.0 Å². The van der Waals surface area contributed by atoms with Gasteiger partial charge >= 0.3 is 11.9 Å². The molecule has 0 aliphatic carbocycles. The lowest BCUT2D eigenvalue weighted by Crippen LogP contribution is -2.45. The highest BCUT2D eigenvalue weighted by Gasteiger charge is 2.50. The van der Waals surface area contributed by atoms with Crippen LogP contribution in [0.4, 0.5) is 0 Å². The van der Waals surface area contributed by atoms with E-state index in [0.717, 1.165) is 11.3 Å². The molecule has 0 N–H and O–H groups in total. The van der Waals surface area contributed by atoms with Gasteiger partial charge in [0.15, 0.2) is 0 Å². The second-order valence-corrected chi connectivity index (χ2v) is 5.98. The molecule has 0 spiro atoms. The molecule has 1 aromatic carbocycles. The molecule has 136 valence electrons. The fourth-order valence-electron chi connectivity index (χ4n) is 2.93. The molecule has 0 fully saturated rings. The van der Waals surface area contributed by atoms with Gasteiger partial charge in [-0.2, -0.15) is 0 Å². The van der Waals surface area contributed by atoms with Crippen molar-refractivity contribution in [2.75, 3.05) is 14.2 Å². The molecule has 0 atom stereocenters. The van der Waals surface area contributed by atoms with Gasteiger partial charge in [0, 0.05) is 24.9 Å². The van der Waals surface area contributed by atoms with E-state index in [1.165, 1.54) is 14.2 Å². The summed E-state index contributed by atoms with van der Waals surface area (Å²) < 4.78 is 11.9. The molecule has 0 aliphatic heterocycles. The van der Waals surface area contributed by atoms with Crippen LogP contribution in [0.1, 0.15) is 30.2 Å². The molecule has 2 rings (SSSR count). The average Bonchev–Trinajstić information content (AvgIpc) is 3.03. The van der Waals surface area contributed by atoms with Gasteiger partial charge in [0.25, 0.3) is 0 Å². The van der Waals surface area contributed by atoms with Gasteiger partial charge in [-0.05, 0) is 31.0 Å². The summed E-state index contributed by atoms with van der Waals surface area (Å²) >= 11 is 0. The Morgan fingerprint density at radius 3 is 2.27 bits per heavy atom. The van der Waals surface area contributed by atoms with Crippen molar-refractivity contribution in [1.29, 1.82) is 0 Å². The molecule has 5 nitrogen and oxygen atoms in total. The van der Waals surface area contributed by atoms with Gasteiger partial charge in [0.1, 0.15) is 0 Å².